The number of nitrogens with zero attached hydrogens (tertiary/aromatic N) is 1. The maximum atomic E-state index is 11.3. The minimum Gasteiger partial charge on any atom is -0.381 e. The Morgan fingerprint density at radius 1 is 1.43 bits per heavy atom. The van der Waals surface area contributed by atoms with Crippen LogP contribution in [0, 0.1) is 12.3 Å². The minimum absolute atomic E-state index is 0.101. The largest absolute Gasteiger partial charge is 0.381 e. The molecule has 0 amide bonds. The molecule has 0 aliphatic carbocycles. The fourth-order valence-electron chi connectivity index (χ4n) is 2.37. The number of terminal acetylenes is 1. The van der Waals surface area contributed by atoms with Gasteiger partial charge >= 0.3 is 0 Å². The molecule has 21 heavy (non-hydrogen) atoms. The van der Waals surface area contributed by atoms with Gasteiger partial charge in [-0.2, -0.15) is 0 Å². The molecule has 1 fully saturated rings. The lowest BCUT2D eigenvalue weighted by Crippen LogP contribution is -2.39. The second-order valence-corrected chi connectivity index (χ2v) is 7.50. The second kappa shape index (κ2) is 6.79. The highest BCUT2D eigenvalue weighted by Crippen LogP contribution is 2.27. The molecule has 114 valence electrons. The van der Waals surface area contributed by atoms with E-state index in [0.717, 1.165) is 31.6 Å². The maximum absolute atomic E-state index is 11.3. The van der Waals surface area contributed by atoms with Crippen molar-refractivity contribution in [1.82, 2.24) is 4.90 Å². The molecule has 1 aliphatic heterocycles. The van der Waals surface area contributed by atoms with Gasteiger partial charge in [0.05, 0.1) is 11.4 Å². The first-order valence-electron chi connectivity index (χ1n) is 6.65. The van der Waals surface area contributed by atoms with Gasteiger partial charge in [-0.05, 0) is 47.0 Å². The number of nitrogens with one attached hydrogen (secondary N) is 1. The molecule has 0 aromatic heterocycles. The van der Waals surface area contributed by atoms with Gasteiger partial charge in [-0.3, -0.25) is 4.90 Å². The number of piperidine rings is 1. The number of benzene rings is 1. The van der Waals surface area contributed by atoms with Gasteiger partial charge in [0.2, 0.25) is 10.0 Å². The number of sulfonamides is 1. The van der Waals surface area contributed by atoms with Crippen molar-refractivity contribution in [2.24, 2.45) is 5.14 Å². The summed E-state index contributed by atoms with van der Waals surface area (Å²) in [5.74, 6) is 2.66. The highest BCUT2D eigenvalue weighted by Gasteiger charge is 2.19. The number of likely N-dealkylation sites (tertiary alicyclic amines) is 1. The van der Waals surface area contributed by atoms with Crippen LogP contribution in [0.25, 0.3) is 0 Å². The summed E-state index contributed by atoms with van der Waals surface area (Å²) in [6, 6.07) is 5.12. The lowest BCUT2D eigenvalue weighted by Gasteiger charge is -2.31. The van der Waals surface area contributed by atoms with Crippen LogP contribution in [0.2, 0.25) is 0 Å². The van der Waals surface area contributed by atoms with E-state index in [9.17, 15) is 8.42 Å². The Labute approximate surface area is 134 Å². The van der Waals surface area contributed by atoms with E-state index in [1.165, 1.54) is 12.1 Å². The summed E-state index contributed by atoms with van der Waals surface area (Å²) in [6.45, 7) is 2.63. The van der Waals surface area contributed by atoms with Crippen LogP contribution < -0.4 is 10.5 Å². The zero-order valence-corrected chi connectivity index (χ0v) is 14.0. The number of rotatable bonds is 4. The Kier molecular flexibility index (Phi) is 5.27. The summed E-state index contributed by atoms with van der Waals surface area (Å²) in [4.78, 5) is 2.35. The maximum Gasteiger partial charge on any atom is 0.238 e. The van der Waals surface area contributed by atoms with Crippen molar-refractivity contribution in [3.05, 3.63) is 22.7 Å². The molecule has 0 spiro atoms. The Hall–Kier alpha value is -1.07. The summed E-state index contributed by atoms with van der Waals surface area (Å²) >= 11 is 3.38. The third-order valence-electron chi connectivity index (χ3n) is 3.53. The van der Waals surface area contributed by atoms with Crippen LogP contribution in [-0.4, -0.2) is 39.0 Å². The van der Waals surface area contributed by atoms with Crippen LogP contribution in [0.1, 0.15) is 12.8 Å². The van der Waals surface area contributed by atoms with Crippen molar-refractivity contribution in [2.75, 3.05) is 25.0 Å². The second-order valence-electron chi connectivity index (χ2n) is 5.09. The average Bonchev–Trinajstić information content (AvgIpc) is 2.42. The molecular formula is C14H18BrN3O2S. The van der Waals surface area contributed by atoms with E-state index in [-0.39, 0.29) is 4.90 Å². The van der Waals surface area contributed by atoms with Gasteiger partial charge in [-0.15, -0.1) is 6.42 Å². The van der Waals surface area contributed by atoms with E-state index in [1.54, 1.807) is 6.07 Å². The van der Waals surface area contributed by atoms with Crippen LogP contribution in [-0.2, 0) is 10.0 Å². The summed E-state index contributed by atoms with van der Waals surface area (Å²) < 4.78 is 23.3. The molecule has 0 radical (unpaired) electrons. The van der Waals surface area contributed by atoms with Crippen LogP contribution in [0.5, 0.6) is 0 Å². The van der Waals surface area contributed by atoms with E-state index in [4.69, 9.17) is 11.6 Å². The average molecular weight is 372 g/mol. The van der Waals surface area contributed by atoms with E-state index < -0.39 is 10.0 Å². The van der Waals surface area contributed by atoms with Gasteiger partial charge < -0.3 is 5.32 Å². The molecule has 2 rings (SSSR count). The van der Waals surface area contributed by atoms with Crippen molar-refractivity contribution in [3.8, 4) is 12.3 Å². The first-order chi connectivity index (χ1) is 9.90. The lowest BCUT2D eigenvalue weighted by atomic mass is 10.0. The zero-order chi connectivity index (χ0) is 15.5. The quantitative estimate of drug-likeness (QED) is 0.788. The van der Waals surface area contributed by atoms with Crippen molar-refractivity contribution < 1.29 is 8.42 Å². The zero-order valence-electron chi connectivity index (χ0n) is 11.5. The number of halogens is 1. The van der Waals surface area contributed by atoms with E-state index in [1.807, 2.05) is 0 Å². The normalized spacial score (nSPS) is 17.4. The molecule has 1 heterocycles. The van der Waals surface area contributed by atoms with Gasteiger partial charge in [-0.25, -0.2) is 13.6 Å². The number of hydrogen-bond acceptors (Lipinski definition) is 4. The Morgan fingerprint density at radius 2 is 2.10 bits per heavy atom. The molecule has 1 aliphatic rings. The third kappa shape index (κ3) is 4.45. The predicted octanol–water partition coefficient (Wildman–Crippen LogP) is 1.61. The highest BCUT2D eigenvalue weighted by molar-refractivity contribution is 9.10. The molecule has 1 saturated heterocycles. The van der Waals surface area contributed by atoms with Crippen molar-refractivity contribution in [3.63, 3.8) is 0 Å². The molecule has 0 atom stereocenters. The number of hydrogen-bond donors (Lipinski definition) is 2. The Balaban J connectivity index is 2.00. The Morgan fingerprint density at radius 3 is 2.62 bits per heavy atom. The van der Waals surface area contributed by atoms with Gasteiger partial charge in [0.1, 0.15) is 0 Å². The van der Waals surface area contributed by atoms with Crippen LogP contribution in [0.3, 0.4) is 0 Å². The summed E-state index contributed by atoms with van der Waals surface area (Å²) in [6.07, 6.45) is 7.32. The molecule has 0 bridgehead atoms. The molecule has 0 unspecified atom stereocenters. The van der Waals surface area contributed by atoms with Crippen LogP contribution >= 0.6 is 15.9 Å². The van der Waals surface area contributed by atoms with Crippen molar-refractivity contribution in [2.45, 2.75) is 23.8 Å². The standard InChI is InChI=1S/C14H18BrN3O2S/c1-2-7-18-8-5-11(6-9-18)17-14-4-3-12(10-13(14)15)21(16,19)20/h1,3-4,10-11,17H,5-9H2,(H2,16,19,20). The predicted molar refractivity (Wildman–Crippen MR) is 87.4 cm³/mol. The summed E-state index contributed by atoms with van der Waals surface area (Å²) in [5, 5.41) is 8.54. The molecule has 7 heteroatoms. The number of primary sulfonamides is 1. The summed E-state index contributed by atoms with van der Waals surface area (Å²) in [5.41, 5.74) is 0.873. The van der Waals surface area contributed by atoms with E-state index in [0.29, 0.717) is 17.1 Å². The molecule has 3 N–H and O–H groups in total. The van der Waals surface area contributed by atoms with Crippen molar-refractivity contribution in [1.29, 1.82) is 0 Å². The van der Waals surface area contributed by atoms with Gasteiger partial charge in [0, 0.05) is 29.3 Å². The van der Waals surface area contributed by atoms with Gasteiger partial charge in [0.15, 0.2) is 0 Å². The summed E-state index contributed by atoms with van der Waals surface area (Å²) in [7, 11) is -3.67. The first-order valence-corrected chi connectivity index (χ1v) is 8.99. The fraction of sp³-hybridized carbons (Fsp3) is 0.429. The molecule has 1 aromatic carbocycles. The van der Waals surface area contributed by atoms with E-state index in [2.05, 4.69) is 32.1 Å². The molecule has 5 nitrogen and oxygen atoms in total. The molecule has 0 saturated carbocycles. The number of anilines is 1. The topological polar surface area (TPSA) is 75.4 Å². The lowest BCUT2D eigenvalue weighted by molar-refractivity contribution is 0.243. The number of nitrogens with two attached hydrogens (primary N) is 1. The van der Waals surface area contributed by atoms with Gasteiger partial charge in [0.25, 0.3) is 0 Å². The Bertz CT molecular complexity index is 647. The highest BCUT2D eigenvalue weighted by atomic mass is 79.9. The monoisotopic (exact) mass is 371 g/mol. The fourth-order valence-corrected chi connectivity index (χ4v) is 3.56. The minimum atomic E-state index is -3.67. The molecular weight excluding hydrogens is 354 g/mol. The van der Waals surface area contributed by atoms with E-state index >= 15 is 0 Å². The molecule has 1 aromatic rings. The smallest absolute Gasteiger partial charge is 0.238 e. The SMILES string of the molecule is C#CCN1CCC(Nc2ccc(S(N)(=O)=O)cc2Br)CC1. The van der Waals surface area contributed by atoms with Crippen LogP contribution in [0.4, 0.5) is 5.69 Å². The van der Waals surface area contributed by atoms with Gasteiger partial charge in [-0.1, -0.05) is 5.92 Å². The van der Waals surface area contributed by atoms with Crippen molar-refractivity contribution >= 4 is 31.6 Å². The van der Waals surface area contributed by atoms with Crippen LogP contribution in [0.15, 0.2) is 27.6 Å². The first kappa shape index (κ1) is 16.3. The third-order valence-corrected chi connectivity index (χ3v) is 5.10.